The Hall–Kier alpha value is -1.07. The van der Waals surface area contributed by atoms with Crippen molar-refractivity contribution in [1.29, 1.82) is 0 Å². The molecule has 2 rings (SSSR count). The van der Waals surface area contributed by atoms with Gasteiger partial charge < -0.3 is 9.64 Å². The molecule has 1 aromatic rings. The van der Waals surface area contributed by atoms with Crippen molar-refractivity contribution in [3.8, 4) is 0 Å². The van der Waals surface area contributed by atoms with Gasteiger partial charge in [-0.15, -0.1) is 0 Å². The number of amides is 1. The first-order valence-corrected chi connectivity index (χ1v) is 7.61. The summed E-state index contributed by atoms with van der Waals surface area (Å²) in [6.45, 7) is 2.03. The summed E-state index contributed by atoms with van der Waals surface area (Å²) in [5.41, 5.74) is 0.408. The van der Waals surface area contributed by atoms with Gasteiger partial charge in [-0.2, -0.15) is 0 Å². The van der Waals surface area contributed by atoms with Crippen LogP contribution in [0.15, 0.2) is 22.7 Å². The highest BCUT2D eigenvalue weighted by molar-refractivity contribution is 9.10. The van der Waals surface area contributed by atoms with Crippen LogP contribution in [0.2, 0.25) is 5.02 Å². The van der Waals surface area contributed by atoms with Crippen molar-refractivity contribution >= 4 is 39.4 Å². The van der Waals surface area contributed by atoms with Gasteiger partial charge >= 0.3 is 5.97 Å². The number of esters is 1. The fourth-order valence-electron chi connectivity index (χ4n) is 1.92. The van der Waals surface area contributed by atoms with E-state index in [1.54, 1.807) is 30.0 Å². The summed E-state index contributed by atoms with van der Waals surface area (Å²) in [4.78, 5) is 25.7. The molecule has 1 aromatic carbocycles. The van der Waals surface area contributed by atoms with Gasteiger partial charge in [-0.25, -0.2) is 0 Å². The number of carbonyl (C=O) groups is 2. The highest BCUT2D eigenvalue weighted by Crippen LogP contribution is 2.30. The number of nitrogens with zero attached hydrogens (tertiary/aromatic N) is 1. The fraction of sp³-hybridized carbons (Fsp3) is 0.429. The van der Waals surface area contributed by atoms with Gasteiger partial charge in [-0.3, -0.25) is 9.59 Å². The topological polar surface area (TPSA) is 46.6 Å². The van der Waals surface area contributed by atoms with Gasteiger partial charge in [0.15, 0.2) is 0 Å². The fourth-order valence-corrected chi connectivity index (χ4v) is 2.67. The summed E-state index contributed by atoms with van der Waals surface area (Å²) in [6.07, 6.45) is 1.83. The zero-order valence-corrected chi connectivity index (χ0v) is 13.4. The van der Waals surface area contributed by atoms with Crippen LogP contribution in [0.3, 0.4) is 0 Å². The lowest BCUT2D eigenvalue weighted by Crippen LogP contribution is -2.38. The van der Waals surface area contributed by atoms with E-state index in [1.165, 1.54) is 0 Å². The molecule has 108 valence electrons. The summed E-state index contributed by atoms with van der Waals surface area (Å²) >= 11 is 9.40. The lowest BCUT2D eigenvalue weighted by molar-refractivity contribution is -0.144. The number of hydrogen-bond donors (Lipinski definition) is 0. The van der Waals surface area contributed by atoms with Crippen LogP contribution in [0, 0.1) is 0 Å². The Morgan fingerprint density at radius 1 is 1.45 bits per heavy atom. The molecule has 0 unspecified atom stereocenters. The largest absolute Gasteiger partial charge is 0.465 e. The molecule has 0 saturated heterocycles. The summed E-state index contributed by atoms with van der Waals surface area (Å²) in [5.74, 6) is -0.612. The molecule has 20 heavy (non-hydrogen) atoms. The first-order valence-electron chi connectivity index (χ1n) is 6.44. The molecule has 1 amide bonds. The lowest BCUT2D eigenvalue weighted by Gasteiger charge is -2.22. The van der Waals surface area contributed by atoms with E-state index in [4.69, 9.17) is 16.3 Å². The number of rotatable bonds is 5. The van der Waals surface area contributed by atoms with Crippen LogP contribution in [0.5, 0.6) is 0 Å². The smallest absolute Gasteiger partial charge is 0.325 e. The zero-order valence-electron chi connectivity index (χ0n) is 11.1. The summed E-state index contributed by atoms with van der Waals surface area (Å²) in [7, 11) is 0. The molecule has 1 saturated carbocycles. The minimum absolute atomic E-state index is 0.0241. The van der Waals surface area contributed by atoms with E-state index in [-0.39, 0.29) is 24.5 Å². The molecule has 0 aromatic heterocycles. The van der Waals surface area contributed by atoms with Crippen LogP contribution in [0.25, 0.3) is 0 Å². The zero-order chi connectivity index (χ0) is 14.7. The van der Waals surface area contributed by atoms with Crippen molar-refractivity contribution < 1.29 is 14.3 Å². The van der Waals surface area contributed by atoms with Crippen molar-refractivity contribution in [3.63, 3.8) is 0 Å². The Balaban J connectivity index is 2.16. The monoisotopic (exact) mass is 359 g/mol. The second-order valence-corrected chi connectivity index (χ2v) is 5.92. The van der Waals surface area contributed by atoms with Crippen molar-refractivity contribution in [2.45, 2.75) is 25.8 Å². The van der Waals surface area contributed by atoms with Gasteiger partial charge in [-0.05, 0) is 38.0 Å². The third-order valence-electron chi connectivity index (χ3n) is 3.01. The van der Waals surface area contributed by atoms with Crippen molar-refractivity contribution in [1.82, 2.24) is 4.90 Å². The minimum atomic E-state index is -0.388. The second-order valence-electron chi connectivity index (χ2n) is 4.59. The minimum Gasteiger partial charge on any atom is -0.465 e. The standard InChI is InChI=1S/C14H15BrClNO3/c1-2-20-13(18)8-17(10-4-5-10)14(19)11-6-3-9(15)7-12(11)16/h3,6-7,10H,2,4-5,8H2,1H3. The first-order chi connectivity index (χ1) is 9.52. The molecule has 0 spiro atoms. The summed E-state index contributed by atoms with van der Waals surface area (Å²) < 4.78 is 5.72. The van der Waals surface area contributed by atoms with Crippen molar-refractivity contribution in [2.75, 3.05) is 13.2 Å². The van der Waals surface area contributed by atoms with Gasteiger partial charge in [-0.1, -0.05) is 27.5 Å². The van der Waals surface area contributed by atoms with Gasteiger partial charge in [0.2, 0.25) is 0 Å². The molecule has 6 heteroatoms. The van der Waals surface area contributed by atoms with Crippen LogP contribution in [0.1, 0.15) is 30.1 Å². The molecule has 4 nitrogen and oxygen atoms in total. The number of halogens is 2. The summed E-state index contributed by atoms with van der Waals surface area (Å²) in [6, 6.07) is 5.21. The van der Waals surface area contributed by atoms with E-state index in [0.29, 0.717) is 17.2 Å². The number of carbonyl (C=O) groups excluding carboxylic acids is 2. The van der Waals surface area contributed by atoms with Gasteiger partial charge in [0.05, 0.1) is 17.2 Å². The van der Waals surface area contributed by atoms with Crippen molar-refractivity contribution in [3.05, 3.63) is 33.3 Å². The third-order valence-corrected chi connectivity index (χ3v) is 3.82. The molecule has 0 atom stereocenters. The summed E-state index contributed by atoms with van der Waals surface area (Å²) in [5, 5.41) is 0.374. The average molecular weight is 361 g/mol. The molecule has 0 radical (unpaired) electrons. The Kier molecular flexibility index (Phi) is 5.05. The van der Waals surface area contributed by atoms with Crippen LogP contribution in [-0.2, 0) is 9.53 Å². The first kappa shape index (κ1) is 15.3. The van der Waals surface area contributed by atoms with E-state index >= 15 is 0 Å². The molecule has 0 aliphatic heterocycles. The van der Waals surface area contributed by atoms with E-state index in [0.717, 1.165) is 17.3 Å². The van der Waals surface area contributed by atoms with Crippen LogP contribution in [0.4, 0.5) is 0 Å². The number of ether oxygens (including phenoxy) is 1. The Morgan fingerprint density at radius 3 is 2.70 bits per heavy atom. The van der Waals surface area contributed by atoms with Crippen LogP contribution in [-0.4, -0.2) is 36.0 Å². The van der Waals surface area contributed by atoms with E-state index in [1.807, 2.05) is 0 Å². The van der Waals surface area contributed by atoms with E-state index in [9.17, 15) is 9.59 Å². The second kappa shape index (κ2) is 6.59. The van der Waals surface area contributed by atoms with Gasteiger partial charge in [0.25, 0.3) is 5.91 Å². The molecule has 1 aliphatic rings. The Labute approximate surface area is 131 Å². The van der Waals surface area contributed by atoms with Gasteiger partial charge in [0, 0.05) is 10.5 Å². The molecule has 1 aliphatic carbocycles. The molecular formula is C14H15BrClNO3. The highest BCUT2D eigenvalue weighted by Gasteiger charge is 2.35. The Bertz CT molecular complexity index is 531. The number of hydrogen-bond acceptors (Lipinski definition) is 3. The van der Waals surface area contributed by atoms with E-state index < -0.39 is 0 Å². The molecule has 0 N–H and O–H groups in total. The maximum absolute atomic E-state index is 12.5. The molecule has 0 heterocycles. The normalized spacial score (nSPS) is 13.9. The van der Waals surface area contributed by atoms with Crippen LogP contribution >= 0.6 is 27.5 Å². The average Bonchev–Trinajstić information content (AvgIpc) is 3.20. The maximum atomic E-state index is 12.5. The molecular weight excluding hydrogens is 346 g/mol. The predicted octanol–water partition coefficient (Wildman–Crippen LogP) is 3.27. The van der Waals surface area contributed by atoms with E-state index in [2.05, 4.69) is 15.9 Å². The third kappa shape index (κ3) is 3.73. The lowest BCUT2D eigenvalue weighted by atomic mass is 10.2. The maximum Gasteiger partial charge on any atom is 0.325 e. The Morgan fingerprint density at radius 2 is 2.15 bits per heavy atom. The SMILES string of the molecule is CCOC(=O)CN(C(=O)c1ccc(Br)cc1Cl)C1CC1. The highest BCUT2D eigenvalue weighted by atomic mass is 79.9. The van der Waals surface area contributed by atoms with Crippen molar-refractivity contribution in [2.24, 2.45) is 0 Å². The van der Waals surface area contributed by atoms with Crippen LogP contribution < -0.4 is 0 Å². The van der Waals surface area contributed by atoms with Gasteiger partial charge in [0.1, 0.15) is 6.54 Å². The quantitative estimate of drug-likeness (QED) is 0.757. The predicted molar refractivity (Wildman–Crippen MR) is 79.8 cm³/mol. The molecule has 0 bridgehead atoms. The molecule has 1 fully saturated rings. The number of benzene rings is 1.